The molecule has 0 saturated heterocycles. The lowest BCUT2D eigenvalue weighted by Crippen LogP contribution is -1.88. The number of aldehydes is 1. The van der Waals surface area contributed by atoms with Gasteiger partial charge in [-0.15, -0.1) is 0 Å². The highest BCUT2D eigenvalue weighted by Crippen LogP contribution is 2.24. The van der Waals surface area contributed by atoms with E-state index in [2.05, 4.69) is 4.98 Å². The van der Waals surface area contributed by atoms with Gasteiger partial charge >= 0.3 is 0 Å². The summed E-state index contributed by atoms with van der Waals surface area (Å²) in [6, 6.07) is 9.21. The highest BCUT2D eigenvalue weighted by Gasteiger charge is 2.02. The molecule has 3 heteroatoms. The maximum atomic E-state index is 10.8. The number of ether oxygens (including phenoxy) is 1. The van der Waals surface area contributed by atoms with Crippen molar-refractivity contribution in [1.82, 2.24) is 4.98 Å². The van der Waals surface area contributed by atoms with Gasteiger partial charge in [-0.1, -0.05) is 0 Å². The first-order valence-corrected chi connectivity index (χ1v) is 4.88. The minimum absolute atomic E-state index is 0.603. The van der Waals surface area contributed by atoms with E-state index in [1.165, 1.54) is 0 Å². The van der Waals surface area contributed by atoms with E-state index in [-0.39, 0.29) is 0 Å². The molecule has 0 fully saturated rings. The van der Waals surface area contributed by atoms with Crippen LogP contribution in [-0.2, 0) is 0 Å². The molecule has 2 aromatic rings. The maximum Gasteiger partial charge on any atom is 0.150 e. The Labute approximate surface area is 93.7 Å². The summed E-state index contributed by atoms with van der Waals surface area (Å²) < 4.78 is 5.14. The SMILES string of the molecule is COc1cc(C=O)cc(-c2ccncc2)c1. The molecule has 0 spiro atoms. The number of methoxy groups -OCH3 is 1. The smallest absolute Gasteiger partial charge is 0.150 e. The third-order valence-corrected chi connectivity index (χ3v) is 2.31. The van der Waals surface area contributed by atoms with Crippen LogP contribution in [0.25, 0.3) is 11.1 Å². The number of hydrogen-bond donors (Lipinski definition) is 0. The molecule has 0 N–H and O–H groups in total. The van der Waals surface area contributed by atoms with Crippen LogP contribution in [-0.4, -0.2) is 18.4 Å². The standard InChI is InChI=1S/C13H11NO2/c1-16-13-7-10(9-15)6-12(8-13)11-2-4-14-5-3-11/h2-9H,1H3. The minimum atomic E-state index is 0.603. The Bertz CT molecular complexity index is 495. The molecule has 0 aliphatic rings. The summed E-state index contributed by atoms with van der Waals surface area (Å²) in [4.78, 5) is 14.7. The summed E-state index contributed by atoms with van der Waals surface area (Å²) in [7, 11) is 1.58. The van der Waals surface area contributed by atoms with Crippen LogP contribution in [0.5, 0.6) is 5.75 Å². The van der Waals surface area contributed by atoms with Gasteiger partial charge in [-0.3, -0.25) is 9.78 Å². The van der Waals surface area contributed by atoms with E-state index in [0.717, 1.165) is 17.4 Å². The summed E-state index contributed by atoms with van der Waals surface area (Å²) in [5.41, 5.74) is 2.56. The Hall–Kier alpha value is -2.16. The summed E-state index contributed by atoms with van der Waals surface area (Å²) in [5, 5.41) is 0. The molecule has 1 heterocycles. The van der Waals surface area contributed by atoms with Crippen LogP contribution in [0.4, 0.5) is 0 Å². The summed E-state index contributed by atoms with van der Waals surface area (Å²) in [5.74, 6) is 0.677. The van der Waals surface area contributed by atoms with E-state index in [4.69, 9.17) is 4.74 Å². The van der Waals surface area contributed by atoms with Crippen LogP contribution < -0.4 is 4.74 Å². The lowest BCUT2D eigenvalue weighted by Gasteiger charge is -2.06. The number of hydrogen-bond acceptors (Lipinski definition) is 3. The molecule has 3 nitrogen and oxygen atoms in total. The van der Waals surface area contributed by atoms with Crippen LogP contribution >= 0.6 is 0 Å². The van der Waals surface area contributed by atoms with Crippen molar-refractivity contribution >= 4 is 6.29 Å². The van der Waals surface area contributed by atoms with Crippen LogP contribution in [0.3, 0.4) is 0 Å². The lowest BCUT2D eigenvalue weighted by atomic mass is 10.0. The number of carbonyl (C=O) groups excluding carboxylic acids is 1. The molecule has 0 saturated carbocycles. The summed E-state index contributed by atoms with van der Waals surface area (Å²) in [6.07, 6.45) is 4.25. The molecule has 0 atom stereocenters. The molecule has 0 amide bonds. The number of aromatic nitrogens is 1. The zero-order chi connectivity index (χ0) is 11.4. The molecule has 2 rings (SSSR count). The Morgan fingerprint density at radius 1 is 1.12 bits per heavy atom. The number of rotatable bonds is 3. The molecule has 80 valence electrons. The molecule has 1 aromatic heterocycles. The monoisotopic (exact) mass is 213 g/mol. The number of pyridine rings is 1. The van der Waals surface area contributed by atoms with Crippen molar-refractivity contribution < 1.29 is 9.53 Å². The van der Waals surface area contributed by atoms with Gasteiger partial charge in [0.05, 0.1) is 7.11 Å². The van der Waals surface area contributed by atoms with E-state index in [1.807, 2.05) is 24.3 Å². The number of benzene rings is 1. The van der Waals surface area contributed by atoms with Crippen LogP contribution in [0.15, 0.2) is 42.7 Å². The molecular weight excluding hydrogens is 202 g/mol. The van der Waals surface area contributed by atoms with Crippen molar-refractivity contribution in [2.45, 2.75) is 0 Å². The van der Waals surface area contributed by atoms with Gasteiger partial charge in [-0.25, -0.2) is 0 Å². The Morgan fingerprint density at radius 3 is 2.50 bits per heavy atom. The van der Waals surface area contributed by atoms with Crippen molar-refractivity contribution in [3.05, 3.63) is 48.3 Å². The first-order chi connectivity index (χ1) is 7.83. The van der Waals surface area contributed by atoms with Crippen molar-refractivity contribution in [3.63, 3.8) is 0 Å². The molecule has 0 aliphatic carbocycles. The quantitative estimate of drug-likeness (QED) is 0.735. The van der Waals surface area contributed by atoms with Gasteiger partial charge in [0, 0.05) is 18.0 Å². The molecule has 0 aliphatic heterocycles. The highest BCUT2D eigenvalue weighted by molar-refractivity contribution is 5.80. The first kappa shape index (κ1) is 10.4. The van der Waals surface area contributed by atoms with E-state index in [1.54, 1.807) is 25.6 Å². The maximum absolute atomic E-state index is 10.8. The molecule has 0 radical (unpaired) electrons. The fraction of sp³-hybridized carbons (Fsp3) is 0.0769. The Balaban J connectivity index is 2.52. The fourth-order valence-electron chi connectivity index (χ4n) is 1.52. The van der Waals surface area contributed by atoms with Gasteiger partial charge in [0.25, 0.3) is 0 Å². The van der Waals surface area contributed by atoms with Crippen LogP contribution in [0, 0.1) is 0 Å². The van der Waals surface area contributed by atoms with Crippen molar-refractivity contribution in [1.29, 1.82) is 0 Å². The molecule has 1 aromatic carbocycles. The van der Waals surface area contributed by atoms with E-state index < -0.39 is 0 Å². The third kappa shape index (κ3) is 2.08. The first-order valence-electron chi connectivity index (χ1n) is 4.88. The zero-order valence-electron chi connectivity index (χ0n) is 8.88. The van der Waals surface area contributed by atoms with E-state index >= 15 is 0 Å². The average Bonchev–Trinajstić information content (AvgIpc) is 2.39. The third-order valence-electron chi connectivity index (χ3n) is 2.31. The molecule has 16 heavy (non-hydrogen) atoms. The lowest BCUT2D eigenvalue weighted by molar-refractivity contribution is 0.112. The molecule has 0 unspecified atom stereocenters. The topological polar surface area (TPSA) is 39.2 Å². The van der Waals surface area contributed by atoms with E-state index in [0.29, 0.717) is 11.3 Å². The van der Waals surface area contributed by atoms with Gasteiger partial charge in [-0.2, -0.15) is 0 Å². The second-order valence-electron chi connectivity index (χ2n) is 3.35. The Morgan fingerprint density at radius 2 is 1.88 bits per heavy atom. The van der Waals surface area contributed by atoms with Crippen molar-refractivity contribution in [2.75, 3.05) is 7.11 Å². The van der Waals surface area contributed by atoms with E-state index in [9.17, 15) is 4.79 Å². The number of nitrogens with zero attached hydrogens (tertiary/aromatic N) is 1. The number of carbonyl (C=O) groups is 1. The molecular formula is C13H11NO2. The average molecular weight is 213 g/mol. The van der Waals surface area contributed by atoms with Gasteiger partial charge in [0.1, 0.15) is 12.0 Å². The minimum Gasteiger partial charge on any atom is -0.497 e. The van der Waals surface area contributed by atoms with Gasteiger partial charge < -0.3 is 4.74 Å². The second-order valence-corrected chi connectivity index (χ2v) is 3.35. The molecule has 0 bridgehead atoms. The Kier molecular flexibility index (Phi) is 2.96. The van der Waals surface area contributed by atoms with Crippen molar-refractivity contribution in [3.8, 4) is 16.9 Å². The highest BCUT2D eigenvalue weighted by atomic mass is 16.5. The predicted octanol–water partition coefficient (Wildman–Crippen LogP) is 2.57. The normalized spacial score (nSPS) is 9.81. The fourth-order valence-corrected chi connectivity index (χ4v) is 1.52. The zero-order valence-corrected chi connectivity index (χ0v) is 8.88. The van der Waals surface area contributed by atoms with Gasteiger partial charge in [-0.05, 0) is 41.5 Å². The summed E-state index contributed by atoms with van der Waals surface area (Å²) >= 11 is 0. The predicted molar refractivity (Wildman–Crippen MR) is 61.6 cm³/mol. The van der Waals surface area contributed by atoms with Gasteiger partial charge in [0.15, 0.2) is 0 Å². The van der Waals surface area contributed by atoms with Gasteiger partial charge in [0.2, 0.25) is 0 Å². The van der Waals surface area contributed by atoms with Crippen molar-refractivity contribution in [2.24, 2.45) is 0 Å². The largest absolute Gasteiger partial charge is 0.497 e. The van der Waals surface area contributed by atoms with Crippen LogP contribution in [0.1, 0.15) is 10.4 Å². The second kappa shape index (κ2) is 4.57. The summed E-state index contributed by atoms with van der Waals surface area (Å²) in [6.45, 7) is 0. The van der Waals surface area contributed by atoms with Crippen LogP contribution in [0.2, 0.25) is 0 Å².